The van der Waals surface area contributed by atoms with Crippen molar-refractivity contribution in [2.75, 3.05) is 0 Å². The molecule has 0 saturated heterocycles. The topological polar surface area (TPSA) is 24.9 Å². The summed E-state index contributed by atoms with van der Waals surface area (Å²) in [5.74, 6) is 1.94. The fraction of sp³-hybridized carbons (Fsp3) is 0.643. The third-order valence-corrected chi connectivity index (χ3v) is 3.91. The van der Waals surface area contributed by atoms with Gasteiger partial charge < -0.3 is 5.32 Å². The number of nitrogens with one attached hydrogen (secondary N) is 1. The van der Waals surface area contributed by atoms with Gasteiger partial charge in [0, 0.05) is 24.5 Å². The molecule has 1 heterocycles. The molecule has 1 aromatic heterocycles. The van der Waals surface area contributed by atoms with Gasteiger partial charge in [0.1, 0.15) is 0 Å². The van der Waals surface area contributed by atoms with Crippen LogP contribution in [0.4, 0.5) is 0 Å². The van der Waals surface area contributed by atoms with E-state index in [1.165, 1.54) is 31.2 Å². The van der Waals surface area contributed by atoms with Crippen LogP contribution < -0.4 is 5.32 Å². The van der Waals surface area contributed by atoms with Gasteiger partial charge >= 0.3 is 0 Å². The first kappa shape index (κ1) is 10.3. The Morgan fingerprint density at radius 3 is 2.19 bits per heavy atom. The van der Waals surface area contributed by atoms with Gasteiger partial charge in [0.15, 0.2) is 0 Å². The maximum absolute atomic E-state index is 4.07. The molecule has 0 amide bonds. The van der Waals surface area contributed by atoms with Crippen molar-refractivity contribution in [3.8, 4) is 0 Å². The molecular weight excluding hydrogens is 196 g/mol. The Morgan fingerprint density at radius 2 is 1.69 bits per heavy atom. The van der Waals surface area contributed by atoms with Crippen molar-refractivity contribution in [3.63, 3.8) is 0 Å². The first-order chi connectivity index (χ1) is 7.84. The van der Waals surface area contributed by atoms with Gasteiger partial charge in [-0.05, 0) is 62.1 Å². The number of hydrogen-bond acceptors (Lipinski definition) is 2. The van der Waals surface area contributed by atoms with E-state index in [1.54, 1.807) is 0 Å². The average Bonchev–Trinajstić information content (AvgIpc) is 3.19. The summed E-state index contributed by atoms with van der Waals surface area (Å²) in [5.41, 5.74) is 1.36. The lowest BCUT2D eigenvalue weighted by Gasteiger charge is -2.23. The van der Waals surface area contributed by atoms with Crippen LogP contribution in [-0.2, 0) is 0 Å². The zero-order valence-electron chi connectivity index (χ0n) is 9.89. The van der Waals surface area contributed by atoms with Crippen LogP contribution in [0.2, 0.25) is 0 Å². The van der Waals surface area contributed by atoms with Gasteiger partial charge in [-0.1, -0.05) is 0 Å². The number of rotatable bonds is 5. The van der Waals surface area contributed by atoms with Crippen molar-refractivity contribution >= 4 is 0 Å². The highest BCUT2D eigenvalue weighted by Gasteiger charge is 2.41. The Kier molecular flexibility index (Phi) is 2.68. The Morgan fingerprint density at radius 1 is 1.12 bits per heavy atom. The largest absolute Gasteiger partial charge is 0.307 e. The van der Waals surface area contributed by atoms with Gasteiger partial charge in [0.05, 0.1) is 0 Å². The highest BCUT2D eigenvalue weighted by atomic mass is 15.0. The summed E-state index contributed by atoms with van der Waals surface area (Å²) in [6.45, 7) is 2.27. The Balaban J connectivity index is 1.64. The third-order valence-electron chi connectivity index (χ3n) is 3.91. The molecule has 0 spiro atoms. The van der Waals surface area contributed by atoms with Crippen molar-refractivity contribution in [1.82, 2.24) is 10.3 Å². The predicted octanol–water partition coefficient (Wildman–Crippen LogP) is 2.92. The lowest BCUT2D eigenvalue weighted by molar-refractivity contribution is 0.377. The number of hydrogen-bond donors (Lipinski definition) is 1. The molecule has 2 nitrogen and oxygen atoms in total. The number of aromatic nitrogens is 1. The van der Waals surface area contributed by atoms with E-state index < -0.39 is 0 Å². The summed E-state index contributed by atoms with van der Waals surface area (Å²) < 4.78 is 0. The van der Waals surface area contributed by atoms with Gasteiger partial charge in [-0.2, -0.15) is 0 Å². The molecule has 0 unspecified atom stereocenters. The quantitative estimate of drug-likeness (QED) is 0.818. The third kappa shape index (κ3) is 2.27. The zero-order valence-corrected chi connectivity index (χ0v) is 9.89. The summed E-state index contributed by atoms with van der Waals surface area (Å²) in [6, 6.07) is 5.49. The normalized spacial score (nSPS) is 22.4. The van der Waals surface area contributed by atoms with E-state index in [4.69, 9.17) is 0 Å². The lowest BCUT2D eigenvalue weighted by atomic mass is 10.0. The van der Waals surface area contributed by atoms with Crippen LogP contribution in [0.5, 0.6) is 0 Å². The van der Waals surface area contributed by atoms with Crippen molar-refractivity contribution < 1.29 is 0 Å². The summed E-state index contributed by atoms with van der Waals surface area (Å²) in [5, 5.41) is 3.83. The fourth-order valence-electron chi connectivity index (χ4n) is 2.60. The molecule has 2 aliphatic rings. The second kappa shape index (κ2) is 4.17. The summed E-state index contributed by atoms with van der Waals surface area (Å²) in [7, 11) is 0. The predicted molar refractivity (Wildman–Crippen MR) is 65.0 cm³/mol. The number of nitrogens with zero attached hydrogens (tertiary/aromatic N) is 1. The first-order valence-electron chi connectivity index (χ1n) is 6.50. The van der Waals surface area contributed by atoms with Gasteiger partial charge in [0.25, 0.3) is 0 Å². The lowest BCUT2D eigenvalue weighted by Crippen LogP contribution is -2.35. The second-order valence-corrected chi connectivity index (χ2v) is 5.37. The van der Waals surface area contributed by atoms with Crippen molar-refractivity contribution in [1.29, 1.82) is 0 Å². The van der Waals surface area contributed by atoms with Gasteiger partial charge in [-0.25, -0.2) is 0 Å². The van der Waals surface area contributed by atoms with Crippen LogP contribution in [-0.4, -0.2) is 11.0 Å². The van der Waals surface area contributed by atoms with Crippen LogP contribution in [0.1, 0.15) is 44.2 Å². The molecule has 2 fully saturated rings. The molecule has 1 aromatic rings. The molecule has 0 radical (unpaired) electrons. The van der Waals surface area contributed by atoms with E-state index in [9.17, 15) is 0 Å². The Hall–Kier alpha value is -0.890. The summed E-state index contributed by atoms with van der Waals surface area (Å²) in [4.78, 5) is 4.07. The smallest absolute Gasteiger partial charge is 0.0295 e. The molecule has 1 N–H and O–H groups in total. The van der Waals surface area contributed by atoms with Crippen LogP contribution in [0.3, 0.4) is 0 Å². The highest BCUT2D eigenvalue weighted by molar-refractivity contribution is 5.15. The minimum atomic E-state index is 0.467. The fourth-order valence-corrected chi connectivity index (χ4v) is 2.60. The zero-order chi connectivity index (χ0) is 11.0. The Labute approximate surface area is 97.5 Å². The molecule has 86 valence electrons. The summed E-state index contributed by atoms with van der Waals surface area (Å²) >= 11 is 0. The molecule has 1 atom stereocenters. The van der Waals surface area contributed by atoms with E-state index >= 15 is 0 Å². The maximum Gasteiger partial charge on any atom is 0.0295 e. The van der Waals surface area contributed by atoms with Crippen LogP contribution in [0, 0.1) is 11.8 Å². The molecule has 0 aliphatic heterocycles. The molecule has 2 saturated carbocycles. The molecule has 3 rings (SSSR count). The average molecular weight is 216 g/mol. The second-order valence-electron chi connectivity index (χ2n) is 5.37. The molecule has 0 aromatic carbocycles. The van der Waals surface area contributed by atoms with Crippen LogP contribution >= 0.6 is 0 Å². The first-order valence-corrected chi connectivity index (χ1v) is 6.50. The molecular formula is C14H20N2. The minimum Gasteiger partial charge on any atom is -0.307 e. The van der Waals surface area contributed by atoms with E-state index in [0.717, 1.165) is 17.9 Å². The maximum atomic E-state index is 4.07. The highest BCUT2D eigenvalue weighted by Crippen LogP contribution is 2.45. The van der Waals surface area contributed by atoms with Gasteiger partial charge in [-0.3, -0.25) is 4.98 Å². The van der Waals surface area contributed by atoms with Crippen molar-refractivity contribution in [2.45, 2.75) is 44.7 Å². The Bertz CT molecular complexity index is 329. The van der Waals surface area contributed by atoms with Gasteiger partial charge in [-0.15, -0.1) is 0 Å². The van der Waals surface area contributed by atoms with Crippen molar-refractivity contribution in [2.24, 2.45) is 11.8 Å². The monoisotopic (exact) mass is 216 g/mol. The molecule has 0 bridgehead atoms. The molecule has 16 heavy (non-hydrogen) atoms. The van der Waals surface area contributed by atoms with E-state index in [-0.39, 0.29) is 0 Å². The van der Waals surface area contributed by atoms with E-state index in [1.807, 2.05) is 12.4 Å². The van der Waals surface area contributed by atoms with Crippen LogP contribution in [0.15, 0.2) is 24.5 Å². The van der Waals surface area contributed by atoms with E-state index in [2.05, 4.69) is 29.4 Å². The SMILES string of the molecule is C[C@@H](NC(C1CC1)C1CC1)c1ccncc1. The van der Waals surface area contributed by atoms with Crippen molar-refractivity contribution in [3.05, 3.63) is 30.1 Å². The van der Waals surface area contributed by atoms with Gasteiger partial charge in [0.2, 0.25) is 0 Å². The molecule has 2 aliphatic carbocycles. The van der Waals surface area contributed by atoms with Crippen LogP contribution in [0.25, 0.3) is 0 Å². The minimum absolute atomic E-state index is 0.467. The number of pyridine rings is 1. The molecule has 2 heteroatoms. The van der Waals surface area contributed by atoms with E-state index in [0.29, 0.717) is 6.04 Å². The standard InChI is InChI=1S/C14H20N2/c1-10(11-6-8-15-9-7-11)16-14(12-2-3-12)13-4-5-13/h6-10,12-14,16H,2-5H2,1H3/t10-/m1/s1. The summed E-state index contributed by atoms with van der Waals surface area (Å²) in [6.07, 6.45) is 9.54.